The van der Waals surface area contributed by atoms with E-state index in [-0.39, 0.29) is 38.5 Å². The quantitative estimate of drug-likeness (QED) is 0.135. The predicted molar refractivity (Wildman–Crippen MR) is 316 cm³/mol. The minimum absolute atomic E-state index is 0. The van der Waals surface area contributed by atoms with Gasteiger partial charge in [0, 0.05) is 120 Å². The molecule has 0 fully saturated rings. The summed E-state index contributed by atoms with van der Waals surface area (Å²) in [6.07, 6.45) is 1.63. The van der Waals surface area contributed by atoms with Gasteiger partial charge in [-0.15, -0.1) is 53.6 Å². The van der Waals surface area contributed by atoms with Crippen LogP contribution in [0.4, 0.5) is 22.7 Å². The second-order valence-electron chi connectivity index (χ2n) is 20.3. The molecule has 0 radical (unpaired) electrons. The Morgan fingerprint density at radius 1 is 0.532 bits per heavy atom. The summed E-state index contributed by atoms with van der Waals surface area (Å²) in [6.45, 7) is 2.81. The fourth-order valence-electron chi connectivity index (χ4n) is 11.7. The van der Waals surface area contributed by atoms with E-state index in [1.165, 1.54) is 9.13 Å². The minimum atomic E-state index is -2.69. The third-order valence-corrected chi connectivity index (χ3v) is 15.2. The molecule has 0 saturated carbocycles. The van der Waals surface area contributed by atoms with Crippen LogP contribution in [0.3, 0.4) is 0 Å². The molecule has 0 saturated heterocycles. The number of hydrogen-bond donors (Lipinski definition) is 0. The number of hydrogen-bond acceptors (Lipinski definition) is 4. The SMILES string of the molecule is [2H]C([2H])([2H])c1cc(-n2c3[c-]c(Oc4[c-]c(N5[CH-]N(c6c7c(cc8c9ccccc9n(C([2H])([2H])[2H])c68)c6ccccc6n7C([2H])([2H])[2H])c6ccccc65)cc(-c5c(C(C)C)cccc5C(C)C)c4)ccc3c3ccccc32)ncc1-c1ccccc1.[Pt]. The molecule has 0 unspecified atom stereocenters. The molecule has 380 valence electrons. The molecule has 13 aromatic rings. The predicted octanol–water partition coefficient (Wildman–Crippen LogP) is 18.2. The minimum Gasteiger partial charge on any atom is -0.509 e. The molecule has 0 N–H and O–H groups in total. The standard InChI is InChI=1S/C69H55N6O.Pt/c1-42(2)50-25-19-26-51(43(3)4)66(50)46-35-47(37-49(36-46)76-48-32-33-55-52-22-13-16-29-61(52)75(64(55)38-48)65-34-44(5)58(40-70-65)45-20-9-8-10-21-45)73-41-74(63-31-18-17-30-62(63)73)69-67-56(53-23-11-14-27-59(53)71(67)6)39-57-54-24-12-15-28-60(54)72(7)68(57)69;/h8-36,39-43H,1-7H3;/q-3;/i5D3,6D3,7D3;. The Bertz CT molecular complexity index is 4710. The molecule has 1 aliphatic heterocycles. The molecule has 5 heterocycles. The summed E-state index contributed by atoms with van der Waals surface area (Å²) < 4.78 is 92.6. The number of anilines is 4. The smallest absolute Gasteiger partial charge is 0.135 e. The molecule has 8 heteroatoms. The first-order chi connectivity index (χ1) is 40.7. The number of aromatic nitrogens is 4. The van der Waals surface area contributed by atoms with Crippen molar-refractivity contribution >= 4 is 88.2 Å². The van der Waals surface area contributed by atoms with Gasteiger partial charge in [-0.25, -0.2) is 4.98 Å². The van der Waals surface area contributed by atoms with E-state index in [4.69, 9.17) is 22.1 Å². The first-order valence-electron chi connectivity index (χ1n) is 30.2. The van der Waals surface area contributed by atoms with Crippen molar-refractivity contribution in [3.05, 3.63) is 224 Å². The van der Waals surface area contributed by atoms with Gasteiger partial charge < -0.3 is 28.2 Å². The van der Waals surface area contributed by atoms with Gasteiger partial charge in [0.2, 0.25) is 0 Å². The number of nitrogens with zero attached hydrogens (tertiary/aromatic N) is 6. The van der Waals surface area contributed by atoms with Crippen LogP contribution in [-0.2, 0) is 35.0 Å². The number of para-hydroxylation sites is 5. The molecule has 0 amide bonds. The third-order valence-electron chi connectivity index (χ3n) is 15.2. The summed E-state index contributed by atoms with van der Waals surface area (Å²) in [4.78, 5) is 8.88. The Morgan fingerprint density at radius 3 is 1.77 bits per heavy atom. The monoisotopic (exact) mass is 1190 g/mol. The average molecular weight is 1190 g/mol. The maximum absolute atomic E-state index is 9.14. The van der Waals surface area contributed by atoms with Crippen LogP contribution >= 0.6 is 0 Å². The summed E-state index contributed by atoms with van der Waals surface area (Å²) in [5, 5.41) is 4.53. The molecule has 14 rings (SSSR count). The zero-order valence-electron chi connectivity index (χ0n) is 51.5. The van der Waals surface area contributed by atoms with Gasteiger partial charge in [0.15, 0.2) is 0 Å². The molecule has 4 aromatic heterocycles. The van der Waals surface area contributed by atoms with E-state index in [0.29, 0.717) is 89.1 Å². The maximum atomic E-state index is 9.14. The van der Waals surface area contributed by atoms with Gasteiger partial charge >= 0.3 is 0 Å². The fraction of sp³-hybridized carbons (Fsp3) is 0.130. The Labute approximate surface area is 476 Å². The maximum Gasteiger partial charge on any atom is 0.135 e. The van der Waals surface area contributed by atoms with Crippen molar-refractivity contribution in [2.45, 2.75) is 46.4 Å². The van der Waals surface area contributed by atoms with E-state index in [0.717, 1.165) is 49.8 Å². The Hall–Kier alpha value is -8.38. The number of fused-ring (bicyclic) bond motifs is 10. The van der Waals surface area contributed by atoms with Crippen LogP contribution in [0.5, 0.6) is 11.5 Å². The van der Waals surface area contributed by atoms with E-state index >= 15 is 0 Å². The van der Waals surface area contributed by atoms with Gasteiger partial charge in [-0.3, -0.25) is 0 Å². The summed E-state index contributed by atoms with van der Waals surface area (Å²) in [7, 11) is 0. The van der Waals surface area contributed by atoms with Gasteiger partial charge in [-0.05, 0) is 94.4 Å². The molecule has 0 atom stereocenters. The fourth-order valence-corrected chi connectivity index (χ4v) is 11.7. The molecule has 1 aliphatic rings. The van der Waals surface area contributed by atoms with Crippen LogP contribution in [-0.4, -0.2) is 18.7 Å². The van der Waals surface area contributed by atoms with Crippen molar-refractivity contribution < 1.29 is 38.1 Å². The summed E-state index contributed by atoms with van der Waals surface area (Å²) in [6, 6.07) is 65.3. The van der Waals surface area contributed by atoms with Crippen molar-refractivity contribution in [3.63, 3.8) is 0 Å². The Kier molecular flexibility index (Phi) is 9.50. The number of benzene rings is 9. The van der Waals surface area contributed by atoms with Crippen molar-refractivity contribution in [2.24, 2.45) is 14.0 Å². The van der Waals surface area contributed by atoms with Crippen LogP contribution in [0.25, 0.3) is 93.5 Å². The van der Waals surface area contributed by atoms with Crippen molar-refractivity contribution in [1.29, 1.82) is 0 Å². The molecule has 7 nitrogen and oxygen atoms in total. The van der Waals surface area contributed by atoms with Gasteiger partial charge in [0.05, 0.1) is 16.7 Å². The number of pyridine rings is 1. The van der Waals surface area contributed by atoms with Crippen molar-refractivity contribution in [1.82, 2.24) is 18.7 Å². The van der Waals surface area contributed by atoms with Gasteiger partial charge in [0.25, 0.3) is 0 Å². The van der Waals surface area contributed by atoms with Crippen LogP contribution in [0.1, 0.15) is 68.6 Å². The number of ether oxygens (including phenoxy) is 1. The summed E-state index contributed by atoms with van der Waals surface area (Å²) >= 11 is 0. The molecule has 0 spiro atoms. The molecule has 0 bridgehead atoms. The van der Waals surface area contributed by atoms with Crippen LogP contribution in [0.15, 0.2) is 188 Å². The average Bonchev–Trinajstić information content (AvgIpc) is 1.54. The number of aryl methyl sites for hydroxylation is 3. The molecular formula is C69H55N6OPt-3. The molecule has 77 heavy (non-hydrogen) atoms. The summed E-state index contributed by atoms with van der Waals surface area (Å²) in [5.41, 5.74) is 11.1. The normalized spacial score (nSPS) is 14.9. The first-order valence-corrected chi connectivity index (χ1v) is 25.7. The molecular weight excluding hydrogens is 1120 g/mol. The van der Waals surface area contributed by atoms with Crippen molar-refractivity contribution in [3.8, 4) is 39.6 Å². The number of rotatable bonds is 9. The van der Waals surface area contributed by atoms with E-state index < -0.39 is 20.8 Å². The van der Waals surface area contributed by atoms with Crippen molar-refractivity contribution in [2.75, 3.05) is 9.80 Å². The van der Waals surface area contributed by atoms with E-state index in [9.17, 15) is 0 Å². The molecule has 0 aliphatic carbocycles. The zero-order valence-corrected chi connectivity index (χ0v) is 44.8. The largest absolute Gasteiger partial charge is 0.509 e. The third kappa shape index (κ3) is 7.61. The van der Waals surface area contributed by atoms with Crippen LogP contribution < -0.4 is 14.5 Å². The molecule has 9 aromatic carbocycles. The van der Waals surface area contributed by atoms with Crippen LogP contribution in [0.2, 0.25) is 0 Å². The zero-order chi connectivity index (χ0) is 59.0. The van der Waals surface area contributed by atoms with Crippen LogP contribution in [0, 0.1) is 25.7 Å². The topological polar surface area (TPSA) is 43.4 Å². The Balaban J connectivity index is 0.00000686. The summed E-state index contributed by atoms with van der Waals surface area (Å²) in [5.74, 6) is 1.42. The Morgan fingerprint density at radius 2 is 1.13 bits per heavy atom. The van der Waals surface area contributed by atoms with Gasteiger partial charge in [-0.1, -0.05) is 148 Å². The van der Waals surface area contributed by atoms with E-state index in [2.05, 4.69) is 64.1 Å². The van der Waals surface area contributed by atoms with E-state index in [1.807, 2.05) is 161 Å². The first kappa shape index (κ1) is 39.1. The van der Waals surface area contributed by atoms with E-state index in [1.54, 1.807) is 24.4 Å². The second-order valence-corrected chi connectivity index (χ2v) is 20.3. The van der Waals surface area contributed by atoms with Gasteiger partial charge in [-0.2, -0.15) is 6.07 Å². The van der Waals surface area contributed by atoms with Gasteiger partial charge in [0.1, 0.15) is 5.82 Å². The second kappa shape index (κ2) is 18.7.